The second-order valence-corrected chi connectivity index (χ2v) is 6.28. The molecule has 0 saturated heterocycles. The largest absolute Gasteiger partial charge is 1.00 e. The van der Waals surface area contributed by atoms with Crippen LogP contribution in [-0.4, -0.2) is 29.4 Å². The smallest absolute Gasteiger partial charge is 0.748 e. The fourth-order valence-electron chi connectivity index (χ4n) is 1.98. The monoisotopic (exact) mass is 288 g/mol. The Kier molecular flexibility index (Phi) is 13.7. The van der Waals surface area contributed by atoms with Gasteiger partial charge in [0.1, 0.15) is 0 Å². The molecule has 0 spiro atoms. The van der Waals surface area contributed by atoms with Gasteiger partial charge in [-0.1, -0.05) is 39.5 Å². The first-order valence-electron chi connectivity index (χ1n) is 6.54. The molecule has 104 valence electrons. The van der Waals surface area contributed by atoms with Gasteiger partial charge in [0.2, 0.25) is 0 Å². The van der Waals surface area contributed by atoms with Crippen LogP contribution in [0.2, 0.25) is 0 Å². The Balaban J connectivity index is 0. The van der Waals surface area contributed by atoms with Crippen molar-refractivity contribution < 1.29 is 47.6 Å². The molecule has 0 amide bonds. The van der Waals surface area contributed by atoms with Gasteiger partial charge in [-0.3, -0.25) is 0 Å². The normalized spacial score (nSPS) is 14.9. The molecule has 0 aliphatic rings. The molecule has 0 saturated carbocycles. The minimum Gasteiger partial charge on any atom is -0.748 e. The van der Waals surface area contributed by atoms with Crippen molar-refractivity contribution in [2.45, 2.75) is 76.6 Å². The summed E-state index contributed by atoms with van der Waals surface area (Å²) in [5.41, 5.74) is 0. The molecule has 0 radical (unpaired) electrons. The van der Waals surface area contributed by atoms with E-state index in [9.17, 15) is 18.1 Å². The van der Waals surface area contributed by atoms with Crippen LogP contribution >= 0.6 is 0 Å². The van der Waals surface area contributed by atoms with E-state index in [2.05, 4.69) is 0 Å². The van der Waals surface area contributed by atoms with Crippen molar-refractivity contribution in [1.29, 1.82) is 0 Å². The summed E-state index contributed by atoms with van der Waals surface area (Å²) in [7, 11) is -4.15. The fraction of sp³-hybridized carbons (Fsp3) is 1.00. The third-order valence-corrected chi connectivity index (χ3v) is 4.24. The van der Waals surface area contributed by atoms with Crippen molar-refractivity contribution in [1.82, 2.24) is 0 Å². The third kappa shape index (κ3) is 10.8. The summed E-state index contributed by atoms with van der Waals surface area (Å²) >= 11 is 0. The van der Waals surface area contributed by atoms with E-state index in [4.69, 9.17) is 0 Å². The molecular weight excluding hydrogens is 263 g/mol. The SMILES string of the molecule is CCCC(O)CCCCC(CCC)S(=O)(=O)[O-].[Na+]. The van der Waals surface area contributed by atoms with Crippen molar-refractivity contribution in [3.8, 4) is 0 Å². The summed E-state index contributed by atoms with van der Waals surface area (Å²) in [6.07, 6.45) is 5.24. The molecule has 0 aromatic rings. The Morgan fingerprint density at radius 1 is 1.00 bits per heavy atom. The Morgan fingerprint density at radius 3 is 1.94 bits per heavy atom. The molecule has 18 heavy (non-hydrogen) atoms. The minimum atomic E-state index is -4.15. The van der Waals surface area contributed by atoms with E-state index in [-0.39, 0.29) is 35.7 Å². The molecule has 1 N–H and O–H groups in total. The molecule has 0 aliphatic heterocycles. The van der Waals surface area contributed by atoms with Crippen LogP contribution in [0.25, 0.3) is 0 Å². The van der Waals surface area contributed by atoms with Crippen molar-refractivity contribution in [3.63, 3.8) is 0 Å². The summed E-state index contributed by atoms with van der Waals surface area (Å²) in [6.45, 7) is 3.90. The molecule has 4 nitrogen and oxygen atoms in total. The molecule has 0 aliphatic carbocycles. The van der Waals surface area contributed by atoms with E-state index in [1.54, 1.807) is 0 Å². The molecule has 0 aromatic heterocycles. The second kappa shape index (κ2) is 11.7. The second-order valence-electron chi connectivity index (χ2n) is 4.63. The van der Waals surface area contributed by atoms with Gasteiger partial charge in [-0.05, 0) is 25.7 Å². The van der Waals surface area contributed by atoms with Gasteiger partial charge < -0.3 is 9.66 Å². The van der Waals surface area contributed by atoms with Crippen molar-refractivity contribution in [3.05, 3.63) is 0 Å². The first kappa shape index (κ1) is 21.2. The van der Waals surface area contributed by atoms with Crippen LogP contribution < -0.4 is 29.6 Å². The maximum absolute atomic E-state index is 10.9. The van der Waals surface area contributed by atoms with Crippen molar-refractivity contribution >= 4 is 10.1 Å². The quantitative estimate of drug-likeness (QED) is 0.332. The van der Waals surface area contributed by atoms with Crippen LogP contribution in [0, 0.1) is 0 Å². The van der Waals surface area contributed by atoms with Gasteiger partial charge in [0.25, 0.3) is 0 Å². The number of rotatable bonds is 10. The summed E-state index contributed by atoms with van der Waals surface area (Å²) in [4.78, 5) is 0. The van der Waals surface area contributed by atoms with Crippen LogP contribution in [0.4, 0.5) is 0 Å². The van der Waals surface area contributed by atoms with Gasteiger partial charge >= 0.3 is 29.6 Å². The molecule has 2 unspecified atom stereocenters. The molecule has 0 fully saturated rings. The van der Waals surface area contributed by atoms with Crippen LogP contribution in [0.15, 0.2) is 0 Å². The first-order chi connectivity index (χ1) is 7.91. The molecule has 0 heterocycles. The number of aliphatic hydroxyl groups excluding tert-OH is 1. The Bertz CT molecular complexity index is 280. The Labute approximate surface area is 134 Å². The van der Waals surface area contributed by atoms with E-state index < -0.39 is 15.4 Å². The zero-order chi connectivity index (χ0) is 13.3. The van der Waals surface area contributed by atoms with Gasteiger partial charge in [0, 0.05) is 5.25 Å². The average Bonchev–Trinajstić information content (AvgIpc) is 2.21. The van der Waals surface area contributed by atoms with Crippen LogP contribution in [0.1, 0.15) is 65.2 Å². The van der Waals surface area contributed by atoms with Gasteiger partial charge in [-0.25, -0.2) is 8.42 Å². The van der Waals surface area contributed by atoms with Gasteiger partial charge in [0.15, 0.2) is 0 Å². The standard InChI is InChI=1S/C12H26O4S.Na/c1-3-7-11(13)9-5-6-10-12(8-4-2)17(14,15)16;/h11-13H,3-10H2,1-2H3,(H,14,15,16);/q;+1/p-1. The fourth-order valence-corrected chi connectivity index (χ4v) is 2.96. The van der Waals surface area contributed by atoms with E-state index in [0.717, 1.165) is 19.3 Å². The molecule has 0 aromatic carbocycles. The van der Waals surface area contributed by atoms with Crippen molar-refractivity contribution in [2.75, 3.05) is 0 Å². The maximum Gasteiger partial charge on any atom is 1.00 e. The zero-order valence-corrected chi connectivity index (χ0v) is 14.7. The van der Waals surface area contributed by atoms with Crippen LogP contribution in [-0.2, 0) is 10.1 Å². The number of aliphatic hydroxyl groups is 1. The third-order valence-electron chi connectivity index (χ3n) is 2.95. The van der Waals surface area contributed by atoms with Crippen molar-refractivity contribution in [2.24, 2.45) is 0 Å². The minimum absolute atomic E-state index is 0. The van der Waals surface area contributed by atoms with E-state index in [1.807, 2.05) is 13.8 Å². The topological polar surface area (TPSA) is 77.4 Å². The predicted molar refractivity (Wildman–Crippen MR) is 67.8 cm³/mol. The van der Waals surface area contributed by atoms with E-state index >= 15 is 0 Å². The van der Waals surface area contributed by atoms with Gasteiger partial charge in [-0.15, -0.1) is 0 Å². The Hall–Kier alpha value is 0.870. The maximum atomic E-state index is 10.9. The molecule has 0 rings (SSSR count). The number of hydrogen-bond acceptors (Lipinski definition) is 4. The zero-order valence-electron chi connectivity index (χ0n) is 11.9. The first-order valence-corrected chi connectivity index (χ1v) is 8.01. The Morgan fingerprint density at radius 2 is 1.50 bits per heavy atom. The summed E-state index contributed by atoms with van der Waals surface area (Å²) in [5, 5.41) is 8.76. The summed E-state index contributed by atoms with van der Waals surface area (Å²) in [6, 6.07) is 0. The van der Waals surface area contributed by atoms with E-state index in [1.165, 1.54) is 0 Å². The van der Waals surface area contributed by atoms with E-state index in [0.29, 0.717) is 32.1 Å². The summed E-state index contributed by atoms with van der Waals surface area (Å²) < 4.78 is 32.8. The van der Waals surface area contributed by atoms with Crippen LogP contribution in [0.3, 0.4) is 0 Å². The predicted octanol–water partition coefficient (Wildman–Crippen LogP) is -0.574. The molecule has 6 heteroatoms. The number of hydrogen-bond donors (Lipinski definition) is 1. The molecule has 2 atom stereocenters. The van der Waals surface area contributed by atoms with Crippen LogP contribution in [0.5, 0.6) is 0 Å². The molecule has 0 bridgehead atoms. The average molecular weight is 288 g/mol. The van der Waals surface area contributed by atoms with Gasteiger partial charge in [-0.2, -0.15) is 0 Å². The molecular formula is C12H25NaO4S. The number of unbranched alkanes of at least 4 members (excludes halogenated alkanes) is 1. The van der Waals surface area contributed by atoms with Gasteiger partial charge in [0.05, 0.1) is 16.2 Å². The summed E-state index contributed by atoms with van der Waals surface area (Å²) in [5.74, 6) is 0.